The van der Waals surface area contributed by atoms with Gasteiger partial charge in [-0.05, 0) is 43.7 Å². The molecule has 1 aromatic heterocycles. The lowest BCUT2D eigenvalue weighted by Crippen LogP contribution is -2.20. The van der Waals surface area contributed by atoms with E-state index >= 15 is 0 Å². The van der Waals surface area contributed by atoms with Crippen LogP contribution < -0.4 is 4.87 Å². The van der Waals surface area contributed by atoms with Crippen molar-refractivity contribution in [2.75, 3.05) is 0 Å². The predicted molar refractivity (Wildman–Crippen MR) is 95.9 cm³/mol. The minimum absolute atomic E-state index is 0.0587. The summed E-state index contributed by atoms with van der Waals surface area (Å²) in [6.45, 7) is 4.46. The number of carboxylic acids is 1. The number of aryl methyl sites for hydroxylation is 1. The molecule has 128 valence electrons. The third kappa shape index (κ3) is 3.31. The Kier molecular flexibility index (Phi) is 4.90. The zero-order valence-corrected chi connectivity index (χ0v) is 14.9. The van der Waals surface area contributed by atoms with Crippen LogP contribution in [0.1, 0.15) is 53.3 Å². The van der Waals surface area contributed by atoms with Crippen molar-refractivity contribution in [2.24, 2.45) is 5.92 Å². The first-order valence-corrected chi connectivity index (χ1v) is 9.27. The fourth-order valence-electron chi connectivity index (χ4n) is 3.69. The molecule has 1 heterocycles. The molecule has 1 aromatic carbocycles. The summed E-state index contributed by atoms with van der Waals surface area (Å²) in [6.07, 6.45) is 4.27. The van der Waals surface area contributed by atoms with Crippen LogP contribution in [0.25, 0.3) is 0 Å². The highest BCUT2D eigenvalue weighted by Crippen LogP contribution is 2.37. The SMILES string of the molecule is Cc1sc(=O)n(Cc2ccc(C(C(=O)O)C3CCCC3)cc2)c1C. The normalized spacial score (nSPS) is 16.4. The summed E-state index contributed by atoms with van der Waals surface area (Å²) in [5.41, 5.74) is 2.91. The molecular formula is C19H23NO3S. The van der Waals surface area contributed by atoms with Crippen LogP contribution in [-0.2, 0) is 11.3 Å². The average Bonchev–Trinajstić information content (AvgIpc) is 3.14. The van der Waals surface area contributed by atoms with Crippen LogP contribution in [0.5, 0.6) is 0 Å². The summed E-state index contributed by atoms with van der Waals surface area (Å²) in [6, 6.07) is 7.76. The second-order valence-electron chi connectivity index (χ2n) is 6.70. The number of carboxylic acid groups (broad SMARTS) is 1. The van der Waals surface area contributed by atoms with E-state index in [-0.39, 0.29) is 10.8 Å². The fourth-order valence-corrected chi connectivity index (χ4v) is 4.52. The van der Waals surface area contributed by atoms with Gasteiger partial charge in [0.2, 0.25) is 0 Å². The Morgan fingerprint density at radius 2 is 1.88 bits per heavy atom. The third-order valence-corrected chi connectivity index (χ3v) is 6.19. The highest BCUT2D eigenvalue weighted by atomic mass is 32.1. The van der Waals surface area contributed by atoms with E-state index in [4.69, 9.17) is 0 Å². The van der Waals surface area contributed by atoms with Gasteiger partial charge in [-0.25, -0.2) is 0 Å². The van der Waals surface area contributed by atoms with Crippen LogP contribution in [0.4, 0.5) is 0 Å². The lowest BCUT2D eigenvalue weighted by molar-refractivity contribution is -0.140. The van der Waals surface area contributed by atoms with Crippen LogP contribution >= 0.6 is 11.3 Å². The molecule has 0 aliphatic heterocycles. The molecule has 5 heteroatoms. The van der Waals surface area contributed by atoms with Gasteiger partial charge < -0.3 is 5.11 Å². The first-order valence-electron chi connectivity index (χ1n) is 8.46. The largest absolute Gasteiger partial charge is 0.481 e. The molecular weight excluding hydrogens is 322 g/mol. The molecule has 4 nitrogen and oxygen atoms in total. The zero-order valence-electron chi connectivity index (χ0n) is 14.1. The molecule has 1 aliphatic carbocycles. The van der Waals surface area contributed by atoms with Crippen molar-refractivity contribution in [3.8, 4) is 0 Å². The molecule has 1 N–H and O–H groups in total. The topological polar surface area (TPSA) is 59.3 Å². The number of thiazole rings is 1. The number of rotatable bonds is 5. The summed E-state index contributed by atoms with van der Waals surface area (Å²) in [7, 11) is 0. The van der Waals surface area contributed by atoms with Gasteiger partial charge in [-0.1, -0.05) is 48.4 Å². The maximum atomic E-state index is 12.0. The molecule has 0 amide bonds. The highest BCUT2D eigenvalue weighted by molar-refractivity contribution is 7.09. The van der Waals surface area contributed by atoms with E-state index in [2.05, 4.69) is 0 Å². The second kappa shape index (κ2) is 6.93. The van der Waals surface area contributed by atoms with Crippen LogP contribution in [0.2, 0.25) is 0 Å². The maximum absolute atomic E-state index is 12.0. The third-order valence-electron chi connectivity index (χ3n) is 5.19. The first-order chi connectivity index (χ1) is 11.5. The summed E-state index contributed by atoms with van der Waals surface area (Å²) in [5, 5.41) is 9.62. The molecule has 0 bridgehead atoms. The monoisotopic (exact) mass is 345 g/mol. The number of aliphatic carboxylic acids is 1. The van der Waals surface area contributed by atoms with E-state index in [0.29, 0.717) is 6.54 Å². The lowest BCUT2D eigenvalue weighted by atomic mass is 9.84. The van der Waals surface area contributed by atoms with Gasteiger partial charge in [-0.15, -0.1) is 0 Å². The van der Waals surface area contributed by atoms with Gasteiger partial charge in [0.15, 0.2) is 0 Å². The molecule has 1 saturated carbocycles. The average molecular weight is 345 g/mol. The summed E-state index contributed by atoms with van der Waals surface area (Å²) in [5.74, 6) is -0.887. The standard InChI is InChI=1S/C19H23NO3S/c1-12-13(2)24-19(23)20(12)11-14-7-9-16(10-8-14)17(18(21)22)15-5-3-4-6-15/h7-10,15,17H,3-6,11H2,1-2H3,(H,21,22). The van der Waals surface area contributed by atoms with E-state index in [1.54, 1.807) is 4.57 Å². The fraction of sp³-hybridized carbons (Fsp3) is 0.474. The van der Waals surface area contributed by atoms with Crippen molar-refractivity contribution in [2.45, 2.75) is 52.0 Å². The molecule has 0 saturated heterocycles. The van der Waals surface area contributed by atoms with E-state index in [1.807, 2.05) is 38.1 Å². The molecule has 1 atom stereocenters. The number of aromatic nitrogens is 1. The number of hydrogen-bond donors (Lipinski definition) is 1. The number of benzene rings is 1. The van der Waals surface area contributed by atoms with Gasteiger partial charge in [-0.2, -0.15) is 0 Å². The van der Waals surface area contributed by atoms with Crippen molar-refractivity contribution in [1.82, 2.24) is 4.57 Å². The van der Waals surface area contributed by atoms with Gasteiger partial charge in [0.05, 0.1) is 12.5 Å². The Hall–Kier alpha value is -1.88. The van der Waals surface area contributed by atoms with Gasteiger partial charge in [0.1, 0.15) is 0 Å². The molecule has 1 aliphatic rings. The Balaban J connectivity index is 1.81. The molecule has 24 heavy (non-hydrogen) atoms. The van der Waals surface area contributed by atoms with Gasteiger partial charge in [0.25, 0.3) is 0 Å². The van der Waals surface area contributed by atoms with Crippen molar-refractivity contribution in [3.63, 3.8) is 0 Å². The van der Waals surface area contributed by atoms with Crippen LogP contribution in [0, 0.1) is 19.8 Å². The summed E-state index contributed by atoms with van der Waals surface area (Å²) in [4.78, 5) is 24.8. The van der Waals surface area contributed by atoms with Gasteiger partial charge >= 0.3 is 10.8 Å². The zero-order chi connectivity index (χ0) is 17.3. The van der Waals surface area contributed by atoms with Crippen LogP contribution in [0.15, 0.2) is 29.1 Å². The second-order valence-corrected chi connectivity index (χ2v) is 7.86. The van der Waals surface area contributed by atoms with Gasteiger partial charge in [-0.3, -0.25) is 14.2 Å². The Morgan fingerprint density at radius 1 is 1.25 bits per heavy atom. The molecule has 0 radical (unpaired) electrons. The maximum Gasteiger partial charge on any atom is 0.311 e. The van der Waals surface area contributed by atoms with Crippen molar-refractivity contribution < 1.29 is 9.90 Å². The highest BCUT2D eigenvalue weighted by Gasteiger charge is 2.31. The number of nitrogens with zero attached hydrogens (tertiary/aromatic N) is 1. The molecule has 0 spiro atoms. The molecule has 2 aromatic rings. The molecule has 1 unspecified atom stereocenters. The minimum atomic E-state index is -0.727. The molecule has 1 fully saturated rings. The molecule has 3 rings (SSSR count). The van der Waals surface area contributed by atoms with E-state index in [9.17, 15) is 14.7 Å². The van der Waals surface area contributed by atoms with E-state index in [1.165, 1.54) is 11.3 Å². The summed E-state index contributed by atoms with van der Waals surface area (Å²) >= 11 is 1.27. The Labute approximate surface area is 145 Å². The predicted octanol–water partition coefficient (Wildman–Crippen LogP) is 3.93. The number of carbonyl (C=O) groups is 1. The lowest BCUT2D eigenvalue weighted by Gasteiger charge is -2.20. The Morgan fingerprint density at radius 3 is 2.38 bits per heavy atom. The van der Waals surface area contributed by atoms with E-state index < -0.39 is 11.9 Å². The summed E-state index contributed by atoms with van der Waals surface area (Å²) < 4.78 is 1.78. The first kappa shape index (κ1) is 17.0. The minimum Gasteiger partial charge on any atom is -0.481 e. The van der Waals surface area contributed by atoms with Crippen LogP contribution in [-0.4, -0.2) is 15.6 Å². The Bertz CT molecular complexity index is 782. The quantitative estimate of drug-likeness (QED) is 0.893. The van der Waals surface area contributed by atoms with Crippen molar-refractivity contribution in [3.05, 3.63) is 55.6 Å². The van der Waals surface area contributed by atoms with Gasteiger partial charge in [0, 0.05) is 10.6 Å². The smallest absolute Gasteiger partial charge is 0.311 e. The van der Waals surface area contributed by atoms with Crippen molar-refractivity contribution >= 4 is 17.3 Å². The van der Waals surface area contributed by atoms with Crippen molar-refractivity contribution in [1.29, 1.82) is 0 Å². The van der Waals surface area contributed by atoms with E-state index in [0.717, 1.165) is 47.4 Å². The van der Waals surface area contributed by atoms with Crippen LogP contribution in [0.3, 0.4) is 0 Å². The number of hydrogen-bond acceptors (Lipinski definition) is 3.